The van der Waals surface area contributed by atoms with Gasteiger partial charge in [0.05, 0.1) is 6.04 Å². The van der Waals surface area contributed by atoms with Crippen LogP contribution in [0.4, 0.5) is 0 Å². The van der Waals surface area contributed by atoms with Gasteiger partial charge in [-0.2, -0.15) is 0 Å². The topological polar surface area (TPSA) is 44.5 Å². The number of methoxy groups -OCH3 is 2. The van der Waals surface area contributed by atoms with Gasteiger partial charge in [0, 0.05) is 14.2 Å². The van der Waals surface area contributed by atoms with Gasteiger partial charge in [0.2, 0.25) is 0 Å². The molecular formula is C12H25NO2. The fourth-order valence-corrected chi connectivity index (χ4v) is 2.52. The van der Waals surface area contributed by atoms with Gasteiger partial charge in [-0.15, -0.1) is 0 Å². The second kappa shape index (κ2) is 7.20. The van der Waals surface area contributed by atoms with Crippen molar-refractivity contribution in [1.82, 2.24) is 0 Å². The number of rotatable bonds is 7. The molecule has 15 heavy (non-hydrogen) atoms. The van der Waals surface area contributed by atoms with Crippen LogP contribution in [0.15, 0.2) is 0 Å². The Morgan fingerprint density at radius 3 is 2.33 bits per heavy atom. The van der Waals surface area contributed by atoms with Crippen molar-refractivity contribution in [1.29, 1.82) is 0 Å². The predicted molar refractivity (Wildman–Crippen MR) is 61.6 cm³/mol. The molecule has 0 heterocycles. The van der Waals surface area contributed by atoms with E-state index >= 15 is 0 Å². The van der Waals surface area contributed by atoms with Crippen molar-refractivity contribution in [2.75, 3.05) is 14.2 Å². The Hall–Kier alpha value is -0.120. The smallest absolute Gasteiger partial charge is 0.171 e. The molecule has 2 N–H and O–H groups in total. The molecule has 3 heteroatoms. The van der Waals surface area contributed by atoms with Crippen LogP contribution in [0.25, 0.3) is 0 Å². The lowest BCUT2D eigenvalue weighted by Crippen LogP contribution is -2.37. The third-order valence-corrected chi connectivity index (χ3v) is 3.44. The molecule has 0 bridgehead atoms. The van der Waals surface area contributed by atoms with E-state index in [9.17, 15) is 0 Å². The first-order valence-electron chi connectivity index (χ1n) is 6.09. The fraction of sp³-hybridized carbons (Fsp3) is 1.00. The quantitative estimate of drug-likeness (QED) is 0.663. The summed E-state index contributed by atoms with van der Waals surface area (Å²) < 4.78 is 10.3. The zero-order chi connectivity index (χ0) is 11.1. The van der Waals surface area contributed by atoms with Gasteiger partial charge in [0.1, 0.15) is 0 Å². The van der Waals surface area contributed by atoms with Crippen molar-refractivity contribution in [3.63, 3.8) is 0 Å². The van der Waals surface area contributed by atoms with Crippen LogP contribution >= 0.6 is 0 Å². The van der Waals surface area contributed by atoms with E-state index in [-0.39, 0.29) is 12.3 Å². The van der Waals surface area contributed by atoms with Crippen LogP contribution in [-0.2, 0) is 9.47 Å². The van der Waals surface area contributed by atoms with Crippen molar-refractivity contribution in [3.05, 3.63) is 0 Å². The maximum Gasteiger partial charge on any atom is 0.171 e. The van der Waals surface area contributed by atoms with E-state index in [4.69, 9.17) is 15.2 Å². The molecule has 1 aliphatic rings. The average molecular weight is 215 g/mol. The predicted octanol–water partition coefficient (Wildman–Crippen LogP) is 2.29. The summed E-state index contributed by atoms with van der Waals surface area (Å²) in [6.07, 6.45) is 8.99. The number of ether oxygens (including phenoxy) is 2. The second-order valence-corrected chi connectivity index (χ2v) is 4.59. The highest BCUT2D eigenvalue weighted by molar-refractivity contribution is 4.70. The van der Waals surface area contributed by atoms with Crippen LogP contribution in [0.1, 0.15) is 44.9 Å². The van der Waals surface area contributed by atoms with E-state index in [1.165, 1.54) is 38.5 Å². The van der Waals surface area contributed by atoms with Crippen molar-refractivity contribution in [3.8, 4) is 0 Å². The van der Waals surface area contributed by atoms with E-state index in [1.54, 1.807) is 14.2 Å². The molecule has 1 rings (SSSR count). The molecule has 1 fully saturated rings. The molecule has 1 atom stereocenters. The van der Waals surface area contributed by atoms with Crippen molar-refractivity contribution < 1.29 is 9.47 Å². The lowest BCUT2D eigenvalue weighted by Gasteiger charge is -2.21. The maximum atomic E-state index is 5.97. The van der Waals surface area contributed by atoms with Crippen LogP contribution in [0.5, 0.6) is 0 Å². The Balaban J connectivity index is 2.07. The van der Waals surface area contributed by atoms with Gasteiger partial charge in [0.25, 0.3) is 0 Å². The Labute approximate surface area is 93.3 Å². The minimum atomic E-state index is -0.242. The summed E-state index contributed by atoms with van der Waals surface area (Å²) in [6.45, 7) is 0. The van der Waals surface area contributed by atoms with E-state index in [2.05, 4.69) is 0 Å². The zero-order valence-corrected chi connectivity index (χ0v) is 10.1. The SMILES string of the molecule is COC(OC)C(N)CCCC1CCCC1. The first-order chi connectivity index (χ1) is 7.27. The summed E-state index contributed by atoms with van der Waals surface area (Å²) in [5.41, 5.74) is 5.97. The highest BCUT2D eigenvalue weighted by atomic mass is 16.7. The summed E-state index contributed by atoms with van der Waals surface area (Å²) in [4.78, 5) is 0. The molecule has 0 spiro atoms. The van der Waals surface area contributed by atoms with E-state index in [1.807, 2.05) is 0 Å². The van der Waals surface area contributed by atoms with Gasteiger partial charge in [-0.25, -0.2) is 0 Å². The molecule has 90 valence electrons. The molecule has 0 aromatic heterocycles. The molecule has 1 saturated carbocycles. The molecular weight excluding hydrogens is 190 g/mol. The molecule has 0 aromatic carbocycles. The number of hydrogen-bond acceptors (Lipinski definition) is 3. The van der Waals surface area contributed by atoms with Crippen LogP contribution in [0.2, 0.25) is 0 Å². The summed E-state index contributed by atoms with van der Waals surface area (Å²) in [5, 5.41) is 0. The first-order valence-corrected chi connectivity index (χ1v) is 6.09. The van der Waals surface area contributed by atoms with Gasteiger partial charge >= 0.3 is 0 Å². The van der Waals surface area contributed by atoms with Crippen LogP contribution < -0.4 is 5.73 Å². The van der Waals surface area contributed by atoms with Crippen molar-refractivity contribution in [2.45, 2.75) is 57.3 Å². The van der Waals surface area contributed by atoms with Gasteiger partial charge in [-0.1, -0.05) is 38.5 Å². The lowest BCUT2D eigenvalue weighted by molar-refractivity contribution is -0.117. The summed E-state index contributed by atoms with van der Waals surface area (Å²) in [6, 6.07) is 0.0152. The Bertz CT molecular complexity index is 154. The normalized spacial score (nSPS) is 20.0. The standard InChI is InChI=1S/C12H25NO2/c1-14-12(15-2)11(13)9-5-8-10-6-3-4-7-10/h10-12H,3-9,13H2,1-2H3. The Kier molecular flexibility index (Phi) is 6.22. The molecule has 3 nitrogen and oxygen atoms in total. The van der Waals surface area contributed by atoms with Gasteiger partial charge in [-0.05, 0) is 12.3 Å². The van der Waals surface area contributed by atoms with E-state index < -0.39 is 0 Å². The van der Waals surface area contributed by atoms with E-state index in [0.717, 1.165) is 12.3 Å². The summed E-state index contributed by atoms with van der Waals surface area (Å²) >= 11 is 0. The third kappa shape index (κ3) is 4.49. The number of hydrogen-bond donors (Lipinski definition) is 1. The molecule has 0 radical (unpaired) electrons. The molecule has 1 unspecified atom stereocenters. The second-order valence-electron chi connectivity index (χ2n) is 4.59. The van der Waals surface area contributed by atoms with Gasteiger partial charge in [0.15, 0.2) is 6.29 Å². The summed E-state index contributed by atoms with van der Waals surface area (Å²) in [7, 11) is 3.29. The summed E-state index contributed by atoms with van der Waals surface area (Å²) in [5.74, 6) is 0.959. The fourth-order valence-electron chi connectivity index (χ4n) is 2.52. The molecule has 0 aliphatic heterocycles. The maximum absolute atomic E-state index is 5.97. The Morgan fingerprint density at radius 1 is 1.20 bits per heavy atom. The van der Waals surface area contributed by atoms with Crippen molar-refractivity contribution >= 4 is 0 Å². The molecule has 1 aliphatic carbocycles. The third-order valence-electron chi connectivity index (χ3n) is 3.44. The lowest BCUT2D eigenvalue weighted by atomic mass is 9.98. The highest BCUT2D eigenvalue weighted by Crippen LogP contribution is 2.29. The monoisotopic (exact) mass is 215 g/mol. The molecule has 0 saturated heterocycles. The van der Waals surface area contributed by atoms with Crippen LogP contribution in [-0.4, -0.2) is 26.6 Å². The van der Waals surface area contributed by atoms with E-state index in [0.29, 0.717) is 0 Å². The van der Waals surface area contributed by atoms with Gasteiger partial charge in [-0.3, -0.25) is 0 Å². The average Bonchev–Trinajstić information content (AvgIpc) is 2.72. The zero-order valence-electron chi connectivity index (χ0n) is 10.1. The molecule has 0 amide bonds. The highest BCUT2D eigenvalue weighted by Gasteiger charge is 2.18. The van der Waals surface area contributed by atoms with Gasteiger partial charge < -0.3 is 15.2 Å². The van der Waals surface area contributed by atoms with Crippen LogP contribution in [0, 0.1) is 5.92 Å². The van der Waals surface area contributed by atoms with Crippen LogP contribution in [0.3, 0.4) is 0 Å². The minimum absolute atomic E-state index is 0.0152. The number of nitrogens with two attached hydrogens (primary N) is 1. The first kappa shape index (κ1) is 12.9. The van der Waals surface area contributed by atoms with Crippen molar-refractivity contribution in [2.24, 2.45) is 11.7 Å². The molecule has 0 aromatic rings. The largest absolute Gasteiger partial charge is 0.354 e. The minimum Gasteiger partial charge on any atom is -0.354 e. The Morgan fingerprint density at radius 2 is 1.80 bits per heavy atom.